The highest BCUT2D eigenvalue weighted by atomic mass is 16.2. The number of nitrogens with one attached hydrogen (secondary N) is 1. The van der Waals surface area contributed by atoms with Crippen LogP contribution in [0.1, 0.15) is 39.5 Å². The molecule has 82 valence electrons. The lowest BCUT2D eigenvalue weighted by Gasteiger charge is -2.26. The number of hydrogen-bond acceptors (Lipinski definition) is 1. The number of carbonyl (C=O) groups excluding carboxylic acids is 1. The van der Waals surface area contributed by atoms with Crippen molar-refractivity contribution in [1.82, 2.24) is 5.32 Å². The highest BCUT2D eigenvalue weighted by molar-refractivity contribution is 5.79. The van der Waals surface area contributed by atoms with Crippen molar-refractivity contribution in [1.29, 1.82) is 0 Å². The van der Waals surface area contributed by atoms with Crippen molar-refractivity contribution in [2.75, 3.05) is 0 Å². The van der Waals surface area contributed by atoms with Gasteiger partial charge < -0.3 is 5.32 Å². The van der Waals surface area contributed by atoms with Crippen LogP contribution in [0.5, 0.6) is 0 Å². The van der Waals surface area contributed by atoms with Crippen molar-refractivity contribution < 1.29 is 4.79 Å². The molecule has 0 radical (unpaired) electrons. The molecule has 0 bridgehead atoms. The largest absolute Gasteiger partial charge is 0.352 e. The molecular weight excluding hydrogens is 186 g/mol. The molecule has 1 aliphatic heterocycles. The zero-order chi connectivity index (χ0) is 10.9. The Labute approximate surface area is 91.4 Å². The molecule has 1 heterocycles. The van der Waals surface area contributed by atoms with E-state index in [2.05, 4.69) is 37.4 Å². The van der Waals surface area contributed by atoms with Gasteiger partial charge in [-0.3, -0.25) is 4.79 Å². The second-order valence-electron chi connectivity index (χ2n) is 5.28. The molecule has 2 heteroatoms. The lowest BCUT2D eigenvalue weighted by Crippen LogP contribution is -2.33. The van der Waals surface area contributed by atoms with Crippen LogP contribution in [0.4, 0.5) is 0 Å². The summed E-state index contributed by atoms with van der Waals surface area (Å²) in [6.45, 7) is 4.35. The third kappa shape index (κ3) is 2.31. The van der Waals surface area contributed by atoms with E-state index in [0.717, 1.165) is 19.3 Å². The van der Waals surface area contributed by atoms with E-state index in [1.807, 2.05) is 0 Å². The first-order valence-electron chi connectivity index (χ1n) is 5.72. The Bertz CT molecular complexity index is 325. The minimum absolute atomic E-state index is 0.110. The molecule has 2 rings (SSSR count). The second kappa shape index (κ2) is 3.84. The van der Waals surface area contributed by atoms with Gasteiger partial charge in [-0.1, -0.05) is 37.6 Å². The van der Waals surface area contributed by atoms with Crippen LogP contribution in [0.15, 0.2) is 23.8 Å². The molecule has 0 aromatic heterocycles. The zero-order valence-corrected chi connectivity index (χ0v) is 9.55. The number of allylic oxidation sites excluding steroid dienone is 3. The van der Waals surface area contributed by atoms with Crippen LogP contribution in [0.2, 0.25) is 0 Å². The number of amides is 1. The zero-order valence-electron chi connectivity index (χ0n) is 9.55. The topological polar surface area (TPSA) is 29.1 Å². The highest BCUT2D eigenvalue weighted by Gasteiger charge is 2.39. The van der Waals surface area contributed by atoms with E-state index in [-0.39, 0.29) is 11.3 Å². The summed E-state index contributed by atoms with van der Waals surface area (Å²) < 4.78 is 0. The average Bonchev–Trinajstić information content (AvgIpc) is 2.41. The normalized spacial score (nSPS) is 28.8. The van der Waals surface area contributed by atoms with Gasteiger partial charge >= 0.3 is 0 Å². The lowest BCUT2D eigenvalue weighted by molar-refractivity contribution is -0.119. The summed E-state index contributed by atoms with van der Waals surface area (Å²) >= 11 is 0. The summed E-state index contributed by atoms with van der Waals surface area (Å²) in [7, 11) is 0. The third-order valence-corrected chi connectivity index (χ3v) is 3.46. The van der Waals surface area contributed by atoms with E-state index in [9.17, 15) is 4.79 Å². The van der Waals surface area contributed by atoms with Gasteiger partial charge in [-0.2, -0.15) is 0 Å². The van der Waals surface area contributed by atoms with Crippen molar-refractivity contribution in [3.8, 4) is 0 Å². The summed E-state index contributed by atoms with van der Waals surface area (Å²) in [6.07, 6.45) is 10.5. The quantitative estimate of drug-likeness (QED) is 0.737. The molecule has 1 aliphatic carbocycles. The molecule has 0 aromatic carbocycles. The maximum Gasteiger partial charge on any atom is 0.220 e. The first kappa shape index (κ1) is 10.5. The smallest absolute Gasteiger partial charge is 0.220 e. The lowest BCUT2D eigenvalue weighted by atomic mass is 9.81. The summed E-state index contributed by atoms with van der Waals surface area (Å²) in [5.41, 5.74) is 1.58. The Morgan fingerprint density at radius 2 is 2.33 bits per heavy atom. The fraction of sp³-hybridized carbons (Fsp3) is 0.615. The predicted molar refractivity (Wildman–Crippen MR) is 61.4 cm³/mol. The van der Waals surface area contributed by atoms with E-state index in [4.69, 9.17) is 0 Å². The molecule has 1 saturated heterocycles. The summed E-state index contributed by atoms with van der Waals surface area (Å²) in [5.74, 6) is 0.206. The van der Waals surface area contributed by atoms with Crippen molar-refractivity contribution in [2.45, 2.75) is 45.6 Å². The Morgan fingerprint density at radius 1 is 1.53 bits per heavy atom. The maximum atomic E-state index is 11.4. The first-order chi connectivity index (χ1) is 7.08. The van der Waals surface area contributed by atoms with E-state index >= 15 is 0 Å². The Kier molecular flexibility index (Phi) is 2.68. The standard InChI is InChI=1S/C13H19NO/c1-13(2)9-12(15)14-11(13)8-10-6-4-3-5-7-10/h3-4,6,11H,5,7-9H2,1-2H3,(H,14,15). The van der Waals surface area contributed by atoms with E-state index < -0.39 is 0 Å². The van der Waals surface area contributed by atoms with Gasteiger partial charge in [0.15, 0.2) is 0 Å². The molecule has 1 atom stereocenters. The van der Waals surface area contributed by atoms with Crippen LogP contribution < -0.4 is 5.32 Å². The van der Waals surface area contributed by atoms with Gasteiger partial charge in [-0.15, -0.1) is 0 Å². The van der Waals surface area contributed by atoms with E-state index in [0.29, 0.717) is 12.5 Å². The van der Waals surface area contributed by atoms with Crippen molar-refractivity contribution in [3.05, 3.63) is 23.8 Å². The third-order valence-electron chi connectivity index (χ3n) is 3.46. The van der Waals surface area contributed by atoms with Crippen LogP contribution >= 0.6 is 0 Å². The minimum atomic E-state index is 0.110. The van der Waals surface area contributed by atoms with Crippen LogP contribution in [0.3, 0.4) is 0 Å². The molecule has 1 fully saturated rings. The summed E-state index contributed by atoms with van der Waals surface area (Å²) in [5, 5.41) is 3.09. The second-order valence-corrected chi connectivity index (χ2v) is 5.28. The van der Waals surface area contributed by atoms with E-state index in [1.54, 1.807) is 0 Å². The molecule has 2 nitrogen and oxygen atoms in total. The Morgan fingerprint density at radius 3 is 2.87 bits per heavy atom. The van der Waals surface area contributed by atoms with Crippen molar-refractivity contribution in [3.63, 3.8) is 0 Å². The van der Waals surface area contributed by atoms with Crippen LogP contribution in [0.25, 0.3) is 0 Å². The van der Waals surface area contributed by atoms with Gasteiger partial charge in [0.1, 0.15) is 0 Å². The fourth-order valence-electron chi connectivity index (χ4n) is 2.39. The van der Waals surface area contributed by atoms with Gasteiger partial charge in [0.25, 0.3) is 0 Å². The molecule has 0 spiro atoms. The van der Waals surface area contributed by atoms with Gasteiger partial charge in [0, 0.05) is 12.5 Å². The molecule has 1 unspecified atom stereocenters. The van der Waals surface area contributed by atoms with Crippen LogP contribution in [0, 0.1) is 5.41 Å². The molecular formula is C13H19NO. The first-order valence-corrected chi connectivity index (χ1v) is 5.72. The van der Waals surface area contributed by atoms with Gasteiger partial charge in [-0.25, -0.2) is 0 Å². The van der Waals surface area contributed by atoms with Crippen molar-refractivity contribution in [2.24, 2.45) is 5.41 Å². The summed E-state index contributed by atoms with van der Waals surface area (Å²) in [6, 6.07) is 0.322. The average molecular weight is 205 g/mol. The maximum absolute atomic E-state index is 11.4. The minimum Gasteiger partial charge on any atom is -0.352 e. The molecule has 15 heavy (non-hydrogen) atoms. The SMILES string of the molecule is CC1(C)CC(=O)NC1CC1=CC=CCC1. The number of hydrogen-bond donors (Lipinski definition) is 1. The molecule has 1 N–H and O–H groups in total. The molecule has 1 amide bonds. The van der Waals surface area contributed by atoms with E-state index in [1.165, 1.54) is 5.57 Å². The van der Waals surface area contributed by atoms with Crippen LogP contribution in [-0.4, -0.2) is 11.9 Å². The van der Waals surface area contributed by atoms with Gasteiger partial charge in [-0.05, 0) is 24.7 Å². The van der Waals surface area contributed by atoms with Crippen LogP contribution in [-0.2, 0) is 4.79 Å². The number of rotatable bonds is 2. The van der Waals surface area contributed by atoms with Gasteiger partial charge in [0.2, 0.25) is 5.91 Å². The monoisotopic (exact) mass is 205 g/mol. The van der Waals surface area contributed by atoms with Crippen molar-refractivity contribution >= 4 is 5.91 Å². The number of carbonyl (C=O) groups is 1. The molecule has 0 aromatic rings. The highest BCUT2D eigenvalue weighted by Crippen LogP contribution is 2.35. The molecule has 0 saturated carbocycles. The fourth-order valence-corrected chi connectivity index (χ4v) is 2.39. The summed E-state index contributed by atoms with van der Waals surface area (Å²) in [4.78, 5) is 11.4. The Balaban J connectivity index is 2.02. The predicted octanol–water partition coefficient (Wildman–Crippen LogP) is 2.57. The molecule has 2 aliphatic rings. The Hall–Kier alpha value is -1.05. The van der Waals surface area contributed by atoms with Gasteiger partial charge in [0.05, 0.1) is 0 Å².